The number of para-hydroxylation sites is 1. The smallest absolute Gasteiger partial charge is 0.262 e. The predicted molar refractivity (Wildman–Crippen MR) is 99.3 cm³/mol. The molecule has 0 aliphatic heterocycles. The maximum Gasteiger partial charge on any atom is 0.262 e. The van der Waals surface area contributed by atoms with Crippen LogP contribution in [0, 0.1) is 0 Å². The summed E-state index contributed by atoms with van der Waals surface area (Å²) in [7, 11) is 0. The molecule has 0 unspecified atom stereocenters. The Balaban J connectivity index is 1.61. The van der Waals surface area contributed by atoms with E-state index in [1.165, 1.54) is 11.8 Å². The lowest BCUT2D eigenvalue weighted by atomic mass is 10.2. The van der Waals surface area contributed by atoms with Gasteiger partial charge in [-0.2, -0.15) is 4.98 Å². The minimum atomic E-state index is -0.127. The van der Waals surface area contributed by atoms with Gasteiger partial charge in [-0.05, 0) is 30.7 Å². The number of rotatable bonds is 7. The predicted octanol–water partition coefficient (Wildman–Crippen LogP) is 2.71. The maximum absolute atomic E-state index is 12.8. The van der Waals surface area contributed by atoms with Crippen molar-refractivity contribution in [1.29, 1.82) is 0 Å². The van der Waals surface area contributed by atoms with Crippen molar-refractivity contribution in [2.75, 3.05) is 6.61 Å². The summed E-state index contributed by atoms with van der Waals surface area (Å²) in [6, 6.07) is 10.7. The normalized spacial score (nSPS) is 11.3. The molecule has 138 valence electrons. The van der Waals surface area contributed by atoms with Crippen LogP contribution in [0.1, 0.15) is 12.3 Å². The van der Waals surface area contributed by atoms with Gasteiger partial charge in [0.25, 0.3) is 5.56 Å². The molecule has 0 radical (unpaired) electrons. The quantitative estimate of drug-likeness (QED) is 0.383. The highest BCUT2D eigenvalue weighted by Crippen LogP contribution is 2.23. The van der Waals surface area contributed by atoms with E-state index >= 15 is 0 Å². The summed E-state index contributed by atoms with van der Waals surface area (Å²) < 4.78 is 12.1. The lowest BCUT2D eigenvalue weighted by Crippen LogP contribution is -2.24. The van der Waals surface area contributed by atoms with E-state index in [1.54, 1.807) is 35.1 Å². The van der Waals surface area contributed by atoms with Crippen molar-refractivity contribution in [2.45, 2.75) is 23.9 Å². The summed E-state index contributed by atoms with van der Waals surface area (Å²) in [6.45, 7) is 0.385. The number of aliphatic hydroxyl groups is 1. The van der Waals surface area contributed by atoms with Gasteiger partial charge >= 0.3 is 0 Å². The molecule has 27 heavy (non-hydrogen) atoms. The Morgan fingerprint density at radius 3 is 2.85 bits per heavy atom. The SMILES string of the molecule is O=c1c2ccccc2nc(SCc2nc(-c3ccco3)no2)n1CCCO. The van der Waals surface area contributed by atoms with Crippen molar-refractivity contribution in [3.63, 3.8) is 0 Å². The first-order chi connectivity index (χ1) is 13.3. The van der Waals surface area contributed by atoms with Crippen LogP contribution in [-0.2, 0) is 12.3 Å². The number of aromatic nitrogens is 4. The van der Waals surface area contributed by atoms with Crippen molar-refractivity contribution < 1.29 is 14.0 Å². The van der Waals surface area contributed by atoms with E-state index < -0.39 is 0 Å². The highest BCUT2D eigenvalue weighted by molar-refractivity contribution is 7.98. The van der Waals surface area contributed by atoms with E-state index in [2.05, 4.69) is 15.1 Å². The molecule has 0 saturated carbocycles. The number of fused-ring (bicyclic) bond motifs is 1. The van der Waals surface area contributed by atoms with Crippen molar-refractivity contribution >= 4 is 22.7 Å². The Morgan fingerprint density at radius 2 is 2.04 bits per heavy atom. The zero-order valence-corrected chi connectivity index (χ0v) is 15.1. The highest BCUT2D eigenvalue weighted by Gasteiger charge is 2.15. The molecule has 0 amide bonds. The largest absolute Gasteiger partial charge is 0.461 e. The van der Waals surface area contributed by atoms with Crippen LogP contribution in [0.3, 0.4) is 0 Å². The van der Waals surface area contributed by atoms with Crippen LogP contribution in [0.5, 0.6) is 0 Å². The van der Waals surface area contributed by atoms with E-state index in [1.807, 2.05) is 12.1 Å². The second-order valence-electron chi connectivity index (χ2n) is 5.72. The van der Waals surface area contributed by atoms with E-state index in [0.717, 1.165) is 0 Å². The monoisotopic (exact) mass is 384 g/mol. The summed E-state index contributed by atoms with van der Waals surface area (Å²) in [6.07, 6.45) is 2.01. The molecule has 0 aliphatic rings. The number of nitrogens with zero attached hydrogens (tertiary/aromatic N) is 4. The molecule has 0 bridgehead atoms. The highest BCUT2D eigenvalue weighted by atomic mass is 32.2. The molecule has 1 N–H and O–H groups in total. The molecule has 0 fully saturated rings. The fourth-order valence-electron chi connectivity index (χ4n) is 2.63. The van der Waals surface area contributed by atoms with Crippen molar-refractivity contribution in [3.8, 4) is 11.6 Å². The number of aliphatic hydroxyl groups excluding tert-OH is 1. The van der Waals surface area contributed by atoms with E-state index in [0.29, 0.717) is 52.3 Å². The lowest BCUT2D eigenvalue weighted by molar-refractivity contribution is 0.276. The second kappa shape index (κ2) is 7.77. The summed E-state index contributed by atoms with van der Waals surface area (Å²) in [5.74, 6) is 1.67. The molecule has 4 rings (SSSR count). The fourth-order valence-corrected chi connectivity index (χ4v) is 3.49. The van der Waals surface area contributed by atoms with Crippen LogP contribution in [0.2, 0.25) is 0 Å². The van der Waals surface area contributed by atoms with Gasteiger partial charge in [-0.3, -0.25) is 9.36 Å². The Bertz CT molecular complexity index is 1100. The molecule has 3 heterocycles. The number of hydrogen-bond acceptors (Lipinski definition) is 8. The van der Waals surface area contributed by atoms with Gasteiger partial charge in [-0.1, -0.05) is 29.1 Å². The van der Waals surface area contributed by atoms with Crippen LogP contribution < -0.4 is 5.56 Å². The third-order valence-electron chi connectivity index (χ3n) is 3.90. The first-order valence-electron chi connectivity index (χ1n) is 8.36. The minimum Gasteiger partial charge on any atom is -0.461 e. The van der Waals surface area contributed by atoms with E-state index in [9.17, 15) is 4.79 Å². The Labute approximate surface area is 157 Å². The van der Waals surface area contributed by atoms with Gasteiger partial charge in [0.2, 0.25) is 11.7 Å². The van der Waals surface area contributed by atoms with Crippen molar-refractivity contribution in [3.05, 3.63) is 58.9 Å². The molecule has 0 spiro atoms. The zero-order valence-electron chi connectivity index (χ0n) is 14.2. The maximum atomic E-state index is 12.8. The first-order valence-corrected chi connectivity index (χ1v) is 9.34. The van der Waals surface area contributed by atoms with Gasteiger partial charge in [-0.15, -0.1) is 0 Å². The Morgan fingerprint density at radius 1 is 1.15 bits per heavy atom. The molecule has 0 aliphatic carbocycles. The van der Waals surface area contributed by atoms with Gasteiger partial charge in [-0.25, -0.2) is 4.98 Å². The van der Waals surface area contributed by atoms with Crippen LogP contribution in [0.25, 0.3) is 22.5 Å². The standard InChI is InChI=1S/C18H16N4O4S/c23-9-4-8-22-17(24)12-5-1-2-6-13(12)19-18(22)27-11-15-20-16(21-26-15)14-7-3-10-25-14/h1-3,5-7,10,23H,4,8-9,11H2. The molecule has 8 nitrogen and oxygen atoms in total. The molecule has 3 aromatic heterocycles. The van der Waals surface area contributed by atoms with Crippen LogP contribution in [-0.4, -0.2) is 31.4 Å². The summed E-state index contributed by atoms with van der Waals surface area (Å²) in [4.78, 5) is 21.7. The lowest BCUT2D eigenvalue weighted by Gasteiger charge is -2.11. The number of thioether (sulfide) groups is 1. The van der Waals surface area contributed by atoms with E-state index in [-0.39, 0.29) is 12.2 Å². The second-order valence-corrected chi connectivity index (χ2v) is 6.67. The van der Waals surface area contributed by atoms with Crippen LogP contribution >= 0.6 is 11.8 Å². The molecule has 0 saturated heterocycles. The van der Waals surface area contributed by atoms with Gasteiger partial charge in [0.15, 0.2) is 10.9 Å². The fraction of sp³-hybridized carbons (Fsp3) is 0.222. The minimum absolute atomic E-state index is 0.000456. The summed E-state index contributed by atoms with van der Waals surface area (Å²) in [5, 5.41) is 14.1. The van der Waals surface area contributed by atoms with Crippen LogP contribution in [0.15, 0.2) is 61.6 Å². The van der Waals surface area contributed by atoms with Gasteiger partial charge in [0, 0.05) is 13.2 Å². The third-order valence-corrected chi connectivity index (χ3v) is 4.86. The van der Waals surface area contributed by atoms with Crippen LogP contribution in [0.4, 0.5) is 0 Å². The number of furan rings is 1. The average molecular weight is 384 g/mol. The number of benzene rings is 1. The first kappa shape index (κ1) is 17.5. The Kier molecular flexibility index (Phi) is 5.03. The van der Waals surface area contributed by atoms with Gasteiger partial charge in [0.05, 0.1) is 22.9 Å². The topological polar surface area (TPSA) is 107 Å². The molecule has 1 aromatic carbocycles. The van der Waals surface area contributed by atoms with E-state index in [4.69, 9.17) is 14.0 Å². The zero-order chi connectivity index (χ0) is 18.6. The molecule has 9 heteroatoms. The van der Waals surface area contributed by atoms with Crippen molar-refractivity contribution in [1.82, 2.24) is 19.7 Å². The van der Waals surface area contributed by atoms with Crippen molar-refractivity contribution in [2.24, 2.45) is 0 Å². The molecular weight excluding hydrogens is 368 g/mol. The summed E-state index contributed by atoms with van der Waals surface area (Å²) in [5.41, 5.74) is 0.505. The molecule has 0 atom stereocenters. The Hall–Kier alpha value is -2.91. The summed E-state index contributed by atoms with van der Waals surface area (Å²) >= 11 is 1.33. The molecular formula is C18H16N4O4S. The third kappa shape index (κ3) is 3.64. The van der Waals surface area contributed by atoms with Gasteiger partial charge in [0.1, 0.15) is 0 Å². The van der Waals surface area contributed by atoms with Gasteiger partial charge < -0.3 is 14.0 Å². The molecule has 4 aromatic rings. The number of hydrogen-bond donors (Lipinski definition) is 1. The average Bonchev–Trinajstić information content (AvgIpc) is 3.37.